The minimum atomic E-state index is 0.806. The molecule has 0 aliphatic carbocycles. The summed E-state index contributed by atoms with van der Waals surface area (Å²) in [5, 5.41) is 19.7. The molecule has 6 heterocycles. The van der Waals surface area contributed by atoms with Gasteiger partial charge in [0.25, 0.3) is 0 Å². The molecule has 0 spiro atoms. The number of fused-ring (bicyclic) bond motifs is 20. The summed E-state index contributed by atoms with van der Waals surface area (Å²) >= 11 is 5.52. The van der Waals surface area contributed by atoms with Gasteiger partial charge in [-0.25, -0.2) is 0 Å². The molecule has 146 heavy (non-hydrogen) atoms. The van der Waals surface area contributed by atoms with Crippen molar-refractivity contribution in [1.29, 1.82) is 0 Å². The van der Waals surface area contributed by atoms with E-state index in [1.54, 1.807) is 0 Å². The Labute approximate surface area is 855 Å². The van der Waals surface area contributed by atoms with E-state index in [0.29, 0.717) is 0 Å². The maximum Gasteiger partial charge on any atom is 0.153 e. The summed E-state index contributed by atoms with van der Waals surface area (Å²) < 4.78 is 27.9. The molecule has 30 rings (SSSR count). The quantitative estimate of drug-likeness (QED) is 0.112. The second-order valence-corrected chi connectivity index (χ2v) is 40.2. The molecule has 0 fully saturated rings. The molecule has 0 saturated carbocycles. The number of ether oxygens (including phenoxy) is 3. The van der Waals surface area contributed by atoms with Crippen LogP contribution in [-0.4, -0.2) is 0 Å². The number of hydrogen-bond acceptors (Lipinski definition) is 12. The topological polar surface area (TPSA) is 47.1 Å². The van der Waals surface area contributed by atoms with Gasteiger partial charge in [-0.05, 0) is 208 Å². The SMILES string of the molecule is c1ccc(-c2ccccc2N(c2ccc3c(c2)Oc2ccccc2N3c2ccc3c(c2)sc2ccccc23)c2cccc3ccccc23)cc1.c1ccc2c(c1)Oc1cc(N(c3ccc4ccccc4c3)c3cccc4ccccc34)ccc1N2c1ccc2c(c1)sc1ccccc12.c1ccc2c(c1)Oc1cc(N(c3cccc4ccccc34)c3cccc4ccccc34)ccc1N2c1ccc2c(c1)sc1ccccc12. The maximum atomic E-state index is 6.76. The smallest absolute Gasteiger partial charge is 0.153 e. The molecule has 0 saturated heterocycles. The summed E-state index contributed by atoms with van der Waals surface area (Å²) in [4.78, 5) is 14.1. The van der Waals surface area contributed by atoms with Crippen LogP contribution in [0.15, 0.2) is 522 Å². The van der Waals surface area contributed by atoms with Gasteiger partial charge in [0.2, 0.25) is 0 Å². The number of rotatable bonds is 13. The van der Waals surface area contributed by atoms with Crippen molar-refractivity contribution in [1.82, 2.24) is 0 Å². The Morgan fingerprint density at radius 3 is 0.836 bits per heavy atom. The zero-order valence-corrected chi connectivity index (χ0v) is 81.2. The average Bonchev–Trinajstić information content (AvgIpc) is 1.35. The van der Waals surface area contributed by atoms with Crippen LogP contribution in [0.25, 0.3) is 126 Å². The van der Waals surface area contributed by atoms with Crippen molar-refractivity contribution >= 4 is 251 Å². The lowest BCUT2D eigenvalue weighted by Crippen LogP contribution is -2.17. The molecular formula is C134H86N6O3S3. The standard InChI is InChI=1S/C46H30N2OS.2C44H28N2OS/c1-2-13-31(14-3-1)35-18-6-8-20-39(35)47(40-22-12-16-32-15-4-5-17-36(32)40)33-26-28-42-44(29-33)49-43-23-10-9-21-41(43)48(42)34-25-27-38-37-19-7-11-24-45(37)50-46(38)30-34;1-3-15-33-29(11-1)13-9-19-37(33)45(38-20-10-14-30-12-2-4-16-34(30)38)31-24-26-40-42(27-31)47-41-21-7-6-18-39(41)46(40)32-23-25-36-35-17-5-8-22-43(35)48-44(36)28-32;1-2-12-31-26-32(21-20-29(31)10-1)45(38-17-9-13-30-11-3-4-14-35(30)38)33-23-25-40-42(27-33)47-41-18-7-6-16-39(41)46(40)34-22-24-37-36-15-5-8-19-43(36)48-44(37)28-34/h1-30H;2*1-28H. The van der Waals surface area contributed by atoms with Gasteiger partial charge in [-0.15, -0.1) is 34.0 Å². The van der Waals surface area contributed by atoms with E-state index in [1.165, 1.54) is 120 Å². The fourth-order valence-electron chi connectivity index (χ4n) is 21.8. The van der Waals surface area contributed by atoms with Gasteiger partial charge in [0.15, 0.2) is 34.5 Å². The lowest BCUT2D eigenvalue weighted by atomic mass is 10.0. The van der Waals surface area contributed by atoms with E-state index in [1.807, 2.05) is 52.2 Å². The Bertz CT molecular complexity index is 9770. The normalized spacial score (nSPS) is 12.2. The van der Waals surface area contributed by atoms with Gasteiger partial charge in [0, 0.05) is 129 Å². The highest BCUT2D eigenvalue weighted by atomic mass is 32.1. The fourth-order valence-corrected chi connectivity index (χ4v) is 25.2. The first-order valence-corrected chi connectivity index (χ1v) is 51.7. The second-order valence-electron chi connectivity index (χ2n) is 36.9. The number of benzene rings is 24. The Kier molecular flexibility index (Phi) is 21.0. The molecule has 27 aromatic rings. The van der Waals surface area contributed by atoms with Crippen LogP contribution in [0.3, 0.4) is 0 Å². The molecule has 12 heteroatoms. The minimum absolute atomic E-state index is 0.806. The number of hydrogen-bond donors (Lipinski definition) is 0. The highest BCUT2D eigenvalue weighted by Gasteiger charge is 2.34. The van der Waals surface area contributed by atoms with Crippen LogP contribution < -0.4 is 43.6 Å². The molecule has 3 aliphatic rings. The molecule has 3 aromatic heterocycles. The van der Waals surface area contributed by atoms with E-state index in [4.69, 9.17) is 14.2 Å². The summed E-state index contributed by atoms with van der Waals surface area (Å²) in [6.07, 6.45) is 0. The summed E-state index contributed by atoms with van der Waals surface area (Å²) in [5.41, 5.74) is 21.5. The highest BCUT2D eigenvalue weighted by Crippen LogP contribution is 2.60. The molecule has 24 aromatic carbocycles. The van der Waals surface area contributed by atoms with Gasteiger partial charge < -0.3 is 43.6 Å². The summed E-state index contributed by atoms with van der Waals surface area (Å²) in [6.45, 7) is 0. The van der Waals surface area contributed by atoms with Crippen LogP contribution in [0.4, 0.5) is 102 Å². The van der Waals surface area contributed by atoms with Crippen molar-refractivity contribution < 1.29 is 14.2 Å². The average molecular weight is 1920 g/mol. The lowest BCUT2D eigenvalue weighted by Gasteiger charge is -2.34. The molecular weight excluding hydrogens is 1840 g/mol. The predicted octanol–water partition coefficient (Wildman–Crippen LogP) is 40.7. The third kappa shape index (κ3) is 15.0. The predicted molar refractivity (Wildman–Crippen MR) is 619 cm³/mol. The third-order valence-electron chi connectivity index (χ3n) is 28.4. The number of anilines is 18. The van der Waals surface area contributed by atoms with Crippen molar-refractivity contribution in [3.63, 3.8) is 0 Å². The Hall–Kier alpha value is -18.6. The number of thiophene rings is 3. The van der Waals surface area contributed by atoms with Gasteiger partial charge in [-0.3, -0.25) is 0 Å². The minimum Gasteiger partial charge on any atom is -0.453 e. The van der Waals surface area contributed by atoms with Crippen molar-refractivity contribution in [2.45, 2.75) is 0 Å². The van der Waals surface area contributed by atoms with E-state index in [2.05, 4.69) is 533 Å². The van der Waals surface area contributed by atoms with Gasteiger partial charge in [0.05, 0.1) is 79.6 Å². The van der Waals surface area contributed by atoms with Gasteiger partial charge >= 0.3 is 0 Å². The molecule has 0 unspecified atom stereocenters. The fraction of sp³-hybridized carbons (Fsp3) is 0. The first kappa shape index (κ1) is 85.4. The molecule has 0 bridgehead atoms. The maximum absolute atomic E-state index is 6.76. The van der Waals surface area contributed by atoms with Crippen LogP contribution >= 0.6 is 34.0 Å². The van der Waals surface area contributed by atoms with Gasteiger partial charge in [0.1, 0.15) is 0 Å². The molecule has 688 valence electrons. The Morgan fingerprint density at radius 2 is 0.432 bits per heavy atom. The molecule has 0 atom stereocenters. The van der Waals surface area contributed by atoms with Crippen molar-refractivity contribution in [3.8, 4) is 45.6 Å². The van der Waals surface area contributed by atoms with Crippen LogP contribution in [0.2, 0.25) is 0 Å². The lowest BCUT2D eigenvalue weighted by molar-refractivity contribution is 0.477. The molecule has 0 amide bonds. The van der Waals surface area contributed by atoms with Gasteiger partial charge in [-0.2, -0.15) is 0 Å². The Morgan fingerprint density at radius 1 is 0.158 bits per heavy atom. The van der Waals surface area contributed by atoms with Crippen LogP contribution in [0, 0.1) is 0 Å². The molecule has 0 N–H and O–H groups in total. The Balaban J connectivity index is 0.000000106. The van der Waals surface area contributed by atoms with Crippen molar-refractivity contribution in [3.05, 3.63) is 522 Å². The summed E-state index contributed by atoms with van der Waals surface area (Å²) in [7, 11) is 0. The van der Waals surface area contributed by atoms with Crippen LogP contribution in [0.1, 0.15) is 0 Å². The van der Waals surface area contributed by atoms with E-state index in [9.17, 15) is 0 Å². The van der Waals surface area contributed by atoms with E-state index < -0.39 is 0 Å². The third-order valence-corrected chi connectivity index (χ3v) is 31.8. The highest BCUT2D eigenvalue weighted by molar-refractivity contribution is 7.26. The number of nitrogens with zero attached hydrogens (tertiary/aromatic N) is 6. The van der Waals surface area contributed by atoms with E-state index >= 15 is 0 Å². The second kappa shape index (κ2) is 35.9. The number of para-hydroxylation sites is 7. The molecule has 0 radical (unpaired) electrons. The van der Waals surface area contributed by atoms with E-state index in [0.717, 1.165) is 142 Å². The largest absolute Gasteiger partial charge is 0.453 e. The van der Waals surface area contributed by atoms with Crippen LogP contribution in [0.5, 0.6) is 34.5 Å². The summed E-state index contributed by atoms with van der Waals surface area (Å²) in [6, 6.07) is 186. The molecule has 9 nitrogen and oxygen atoms in total. The van der Waals surface area contributed by atoms with E-state index in [-0.39, 0.29) is 0 Å². The van der Waals surface area contributed by atoms with Gasteiger partial charge in [-0.1, -0.05) is 334 Å². The first-order valence-electron chi connectivity index (χ1n) is 49.2. The monoisotopic (exact) mass is 1920 g/mol. The van der Waals surface area contributed by atoms with Crippen molar-refractivity contribution in [2.75, 3.05) is 29.4 Å². The van der Waals surface area contributed by atoms with Crippen LogP contribution in [-0.2, 0) is 0 Å². The van der Waals surface area contributed by atoms with Crippen molar-refractivity contribution in [2.24, 2.45) is 0 Å². The zero-order chi connectivity index (χ0) is 96.2. The zero-order valence-electron chi connectivity index (χ0n) is 78.8. The first-order chi connectivity index (χ1) is 72.4. The summed E-state index contributed by atoms with van der Waals surface area (Å²) in [5.74, 6) is 4.93. The molecule has 3 aliphatic heterocycles.